The van der Waals surface area contributed by atoms with Crippen LogP contribution in [0, 0.1) is 5.82 Å². The van der Waals surface area contributed by atoms with E-state index in [4.69, 9.17) is 17.3 Å². The fourth-order valence-electron chi connectivity index (χ4n) is 1.34. The van der Waals surface area contributed by atoms with Crippen LogP contribution in [0.25, 0.3) is 0 Å². The molecule has 1 aromatic carbocycles. The molecule has 2 rings (SSSR count). The zero-order chi connectivity index (χ0) is 12.3. The van der Waals surface area contributed by atoms with Crippen LogP contribution >= 0.6 is 23.4 Å². The van der Waals surface area contributed by atoms with Gasteiger partial charge in [0.15, 0.2) is 0 Å². The van der Waals surface area contributed by atoms with Gasteiger partial charge in [-0.2, -0.15) is 0 Å². The van der Waals surface area contributed by atoms with Gasteiger partial charge < -0.3 is 5.73 Å². The number of aromatic nitrogens is 1. The highest BCUT2D eigenvalue weighted by atomic mass is 35.5. The van der Waals surface area contributed by atoms with Crippen LogP contribution in [0.15, 0.2) is 46.5 Å². The molecule has 0 bridgehead atoms. The maximum atomic E-state index is 13.3. The summed E-state index contributed by atoms with van der Waals surface area (Å²) in [7, 11) is 0. The van der Waals surface area contributed by atoms with Crippen molar-refractivity contribution in [2.24, 2.45) is 5.73 Å². The third-order valence-electron chi connectivity index (χ3n) is 2.09. The van der Waals surface area contributed by atoms with E-state index in [1.165, 1.54) is 23.9 Å². The highest BCUT2D eigenvalue weighted by Crippen LogP contribution is 2.28. The number of rotatable bonds is 3. The lowest BCUT2D eigenvalue weighted by atomic mass is 10.2. The van der Waals surface area contributed by atoms with Crippen molar-refractivity contribution >= 4 is 23.4 Å². The molecule has 2 nitrogen and oxygen atoms in total. The number of nitrogens with zero attached hydrogens (tertiary/aromatic N) is 1. The van der Waals surface area contributed by atoms with E-state index in [-0.39, 0.29) is 5.82 Å². The number of hydrogen-bond donors (Lipinski definition) is 1. The third-order valence-corrected chi connectivity index (χ3v) is 3.24. The molecule has 0 spiro atoms. The van der Waals surface area contributed by atoms with Crippen LogP contribution in [0.3, 0.4) is 0 Å². The average molecular weight is 269 g/mol. The van der Waals surface area contributed by atoms with E-state index in [0.717, 1.165) is 15.5 Å². The second-order valence-corrected chi connectivity index (χ2v) is 4.95. The van der Waals surface area contributed by atoms with Crippen LogP contribution in [0.2, 0.25) is 5.02 Å². The Labute approximate surface area is 108 Å². The molecule has 88 valence electrons. The maximum absolute atomic E-state index is 13.3. The predicted octanol–water partition coefficient (Wildman–Crippen LogP) is 3.48. The summed E-state index contributed by atoms with van der Waals surface area (Å²) >= 11 is 7.11. The molecule has 0 atom stereocenters. The molecule has 0 aliphatic rings. The smallest absolute Gasteiger partial charge is 0.124 e. The third kappa shape index (κ3) is 3.43. The molecule has 2 N–H and O–H groups in total. The molecule has 1 heterocycles. The van der Waals surface area contributed by atoms with E-state index in [2.05, 4.69) is 4.98 Å². The molecule has 0 aliphatic carbocycles. The number of pyridine rings is 1. The SMILES string of the molecule is NCc1cc(F)cc(Sc2ccc(Cl)cn2)c1. The van der Waals surface area contributed by atoms with Crippen LogP contribution < -0.4 is 5.73 Å². The van der Waals surface area contributed by atoms with Crippen LogP contribution in [-0.4, -0.2) is 4.98 Å². The van der Waals surface area contributed by atoms with Crippen molar-refractivity contribution in [3.05, 3.63) is 52.9 Å². The largest absolute Gasteiger partial charge is 0.326 e. The van der Waals surface area contributed by atoms with E-state index in [1.54, 1.807) is 18.3 Å². The van der Waals surface area contributed by atoms with Crippen molar-refractivity contribution < 1.29 is 4.39 Å². The fraction of sp³-hybridized carbons (Fsp3) is 0.0833. The molecular formula is C12H10ClFN2S. The predicted molar refractivity (Wildman–Crippen MR) is 67.7 cm³/mol. The van der Waals surface area contributed by atoms with Gasteiger partial charge in [-0.3, -0.25) is 0 Å². The van der Waals surface area contributed by atoms with Gasteiger partial charge in [-0.15, -0.1) is 0 Å². The number of hydrogen-bond acceptors (Lipinski definition) is 3. The summed E-state index contributed by atoms with van der Waals surface area (Å²) in [5.74, 6) is -0.288. The first-order valence-corrected chi connectivity index (χ1v) is 6.16. The van der Waals surface area contributed by atoms with Gasteiger partial charge in [0, 0.05) is 17.6 Å². The van der Waals surface area contributed by atoms with E-state index in [1.807, 2.05) is 6.07 Å². The quantitative estimate of drug-likeness (QED) is 0.926. The number of halogens is 2. The Bertz CT molecular complexity index is 516. The second-order valence-electron chi connectivity index (χ2n) is 3.42. The summed E-state index contributed by atoms with van der Waals surface area (Å²) in [5, 5.41) is 1.35. The lowest BCUT2D eigenvalue weighted by Crippen LogP contribution is -1.97. The normalized spacial score (nSPS) is 10.5. The van der Waals surface area contributed by atoms with E-state index in [9.17, 15) is 4.39 Å². The molecule has 1 aromatic heterocycles. The molecule has 0 radical (unpaired) electrons. The number of benzene rings is 1. The van der Waals surface area contributed by atoms with Crippen molar-refractivity contribution in [3.63, 3.8) is 0 Å². The van der Waals surface area contributed by atoms with Crippen LogP contribution in [0.5, 0.6) is 0 Å². The van der Waals surface area contributed by atoms with Gasteiger partial charge in [-0.05, 0) is 35.9 Å². The fourth-order valence-corrected chi connectivity index (χ4v) is 2.32. The average Bonchev–Trinajstić information content (AvgIpc) is 2.31. The maximum Gasteiger partial charge on any atom is 0.124 e. The first kappa shape index (κ1) is 12.4. The van der Waals surface area contributed by atoms with Crippen LogP contribution in [0.1, 0.15) is 5.56 Å². The van der Waals surface area contributed by atoms with Crippen molar-refractivity contribution in [2.75, 3.05) is 0 Å². The van der Waals surface area contributed by atoms with Crippen LogP contribution in [0.4, 0.5) is 4.39 Å². The van der Waals surface area contributed by atoms with Gasteiger partial charge >= 0.3 is 0 Å². The van der Waals surface area contributed by atoms with Gasteiger partial charge in [0.05, 0.1) is 5.02 Å². The Morgan fingerprint density at radius 1 is 1.29 bits per heavy atom. The molecule has 0 unspecified atom stereocenters. The highest BCUT2D eigenvalue weighted by molar-refractivity contribution is 7.99. The second kappa shape index (κ2) is 5.49. The van der Waals surface area contributed by atoms with Gasteiger partial charge in [0.2, 0.25) is 0 Å². The van der Waals surface area contributed by atoms with Crippen molar-refractivity contribution in [3.8, 4) is 0 Å². The first-order valence-electron chi connectivity index (χ1n) is 4.96. The minimum atomic E-state index is -0.288. The highest BCUT2D eigenvalue weighted by Gasteiger charge is 2.03. The van der Waals surface area contributed by atoms with Gasteiger partial charge in [0.25, 0.3) is 0 Å². The molecule has 5 heteroatoms. The van der Waals surface area contributed by atoms with E-state index < -0.39 is 0 Å². The molecular weight excluding hydrogens is 259 g/mol. The lowest BCUT2D eigenvalue weighted by molar-refractivity contribution is 0.621. The van der Waals surface area contributed by atoms with Gasteiger partial charge in [0.1, 0.15) is 10.8 Å². The monoisotopic (exact) mass is 268 g/mol. The van der Waals surface area contributed by atoms with Crippen molar-refractivity contribution in [1.82, 2.24) is 4.98 Å². The zero-order valence-corrected chi connectivity index (χ0v) is 10.4. The zero-order valence-electron chi connectivity index (χ0n) is 8.86. The molecule has 0 aliphatic heterocycles. The Kier molecular flexibility index (Phi) is 3.99. The van der Waals surface area contributed by atoms with Crippen molar-refractivity contribution in [1.29, 1.82) is 0 Å². The van der Waals surface area contributed by atoms with Gasteiger partial charge in [-0.25, -0.2) is 9.37 Å². The summed E-state index contributed by atoms with van der Waals surface area (Å²) in [5.41, 5.74) is 6.26. The summed E-state index contributed by atoms with van der Waals surface area (Å²) in [6.07, 6.45) is 1.56. The lowest BCUT2D eigenvalue weighted by Gasteiger charge is -2.04. The minimum absolute atomic E-state index is 0.288. The Hall–Kier alpha value is -1.10. The summed E-state index contributed by atoms with van der Waals surface area (Å²) in [6.45, 7) is 0.319. The van der Waals surface area contributed by atoms with E-state index in [0.29, 0.717) is 11.6 Å². The molecule has 0 saturated heterocycles. The summed E-state index contributed by atoms with van der Waals surface area (Å²) < 4.78 is 13.3. The van der Waals surface area contributed by atoms with Crippen molar-refractivity contribution in [2.45, 2.75) is 16.5 Å². The van der Waals surface area contributed by atoms with E-state index >= 15 is 0 Å². The summed E-state index contributed by atoms with van der Waals surface area (Å²) in [6, 6.07) is 8.28. The van der Waals surface area contributed by atoms with Crippen LogP contribution in [-0.2, 0) is 6.54 Å². The molecule has 0 saturated carbocycles. The Balaban J connectivity index is 2.23. The number of nitrogens with two attached hydrogens (primary N) is 1. The first-order chi connectivity index (χ1) is 8.17. The minimum Gasteiger partial charge on any atom is -0.326 e. The molecule has 2 aromatic rings. The Morgan fingerprint density at radius 3 is 2.76 bits per heavy atom. The molecule has 17 heavy (non-hydrogen) atoms. The molecule has 0 fully saturated rings. The van der Waals surface area contributed by atoms with Gasteiger partial charge in [-0.1, -0.05) is 23.4 Å². The molecule has 0 amide bonds. The topological polar surface area (TPSA) is 38.9 Å². The summed E-state index contributed by atoms with van der Waals surface area (Å²) in [4.78, 5) is 4.91. The Morgan fingerprint density at radius 2 is 2.12 bits per heavy atom. The standard InChI is InChI=1S/C12H10ClFN2S/c13-9-1-2-12(16-7-9)17-11-4-8(6-15)3-10(14)5-11/h1-5,7H,6,15H2.